The van der Waals surface area contributed by atoms with Gasteiger partial charge in [0.25, 0.3) is 0 Å². The minimum absolute atomic E-state index is 0.0384. The summed E-state index contributed by atoms with van der Waals surface area (Å²) in [7, 11) is 1.83. The molecule has 1 aromatic rings. The molecule has 2 rings (SSSR count). The van der Waals surface area contributed by atoms with Crippen molar-refractivity contribution in [2.75, 3.05) is 25.1 Å². The van der Waals surface area contributed by atoms with E-state index < -0.39 is 0 Å². The molecule has 1 fully saturated rings. The van der Waals surface area contributed by atoms with Crippen LogP contribution in [-0.4, -0.2) is 31.8 Å². The Morgan fingerprint density at radius 3 is 2.86 bits per heavy atom. The highest BCUT2D eigenvalue weighted by Gasteiger charge is 2.31. The third-order valence-electron chi connectivity index (χ3n) is 4.24. The SMILES string of the molecule is COC1(C)CCCN(c2cc(Br)ccc2CNC(C)C)C1. The minimum atomic E-state index is -0.0384. The van der Waals surface area contributed by atoms with Crippen LogP contribution in [0.4, 0.5) is 5.69 Å². The third kappa shape index (κ3) is 4.44. The van der Waals surface area contributed by atoms with Crippen LogP contribution in [0.5, 0.6) is 0 Å². The van der Waals surface area contributed by atoms with Gasteiger partial charge in [0.1, 0.15) is 0 Å². The van der Waals surface area contributed by atoms with Crippen molar-refractivity contribution >= 4 is 21.6 Å². The topological polar surface area (TPSA) is 24.5 Å². The molecule has 1 heterocycles. The molecule has 0 bridgehead atoms. The highest BCUT2D eigenvalue weighted by Crippen LogP contribution is 2.32. The molecule has 1 atom stereocenters. The van der Waals surface area contributed by atoms with Crippen LogP contribution in [0.15, 0.2) is 22.7 Å². The Bertz CT molecular complexity index is 478. The van der Waals surface area contributed by atoms with E-state index in [1.165, 1.54) is 17.7 Å². The number of halogens is 1. The number of benzene rings is 1. The fourth-order valence-electron chi connectivity index (χ4n) is 2.87. The Balaban J connectivity index is 2.22. The van der Waals surface area contributed by atoms with Crippen LogP contribution in [0.25, 0.3) is 0 Å². The molecular formula is C17H27BrN2O. The number of nitrogens with zero attached hydrogens (tertiary/aromatic N) is 1. The number of methoxy groups -OCH3 is 1. The Morgan fingerprint density at radius 2 is 2.19 bits per heavy atom. The van der Waals surface area contributed by atoms with E-state index in [-0.39, 0.29) is 5.60 Å². The van der Waals surface area contributed by atoms with E-state index in [4.69, 9.17) is 4.74 Å². The van der Waals surface area contributed by atoms with Crippen molar-refractivity contribution < 1.29 is 4.74 Å². The molecule has 1 aliphatic heterocycles. The van der Waals surface area contributed by atoms with Crippen molar-refractivity contribution in [2.24, 2.45) is 0 Å². The lowest BCUT2D eigenvalue weighted by molar-refractivity contribution is -0.00468. The Labute approximate surface area is 137 Å². The minimum Gasteiger partial charge on any atom is -0.377 e. The van der Waals surface area contributed by atoms with Gasteiger partial charge in [0.15, 0.2) is 0 Å². The fraction of sp³-hybridized carbons (Fsp3) is 0.647. The van der Waals surface area contributed by atoms with Crippen molar-refractivity contribution in [3.8, 4) is 0 Å². The second-order valence-electron chi connectivity index (χ2n) is 6.49. The predicted molar refractivity (Wildman–Crippen MR) is 93.0 cm³/mol. The van der Waals surface area contributed by atoms with Crippen LogP contribution in [0.1, 0.15) is 39.2 Å². The van der Waals surface area contributed by atoms with E-state index in [0.717, 1.165) is 30.5 Å². The first-order chi connectivity index (χ1) is 9.93. The second kappa shape index (κ2) is 7.12. The average Bonchev–Trinajstić information content (AvgIpc) is 2.46. The zero-order chi connectivity index (χ0) is 15.5. The van der Waals surface area contributed by atoms with Gasteiger partial charge in [0, 0.05) is 42.9 Å². The molecule has 1 aliphatic rings. The number of rotatable bonds is 5. The van der Waals surface area contributed by atoms with Crippen LogP contribution in [0.3, 0.4) is 0 Å². The number of hydrogen-bond acceptors (Lipinski definition) is 3. The third-order valence-corrected chi connectivity index (χ3v) is 4.73. The molecular weight excluding hydrogens is 328 g/mol. The highest BCUT2D eigenvalue weighted by atomic mass is 79.9. The molecule has 0 amide bonds. The molecule has 1 aromatic carbocycles. The summed E-state index contributed by atoms with van der Waals surface area (Å²) in [5.41, 5.74) is 2.64. The van der Waals surface area contributed by atoms with Gasteiger partial charge in [-0.25, -0.2) is 0 Å². The number of nitrogens with one attached hydrogen (secondary N) is 1. The van der Waals surface area contributed by atoms with Crippen molar-refractivity contribution in [3.05, 3.63) is 28.2 Å². The van der Waals surface area contributed by atoms with Crippen molar-refractivity contribution in [2.45, 2.75) is 51.8 Å². The molecule has 1 unspecified atom stereocenters. The molecule has 0 aliphatic carbocycles. The van der Waals surface area contributed by atoms with Gasteiger partial charge in [-0.15, -0.1) is 0 Å². The normalized spacial score (nSPS) is 22.9. The lowest BCUT2D eigenvalue weighted by Crippen LogP contribution is -2.47. The molecule has 4 heteroatoms. The molecule has 1 N–H and O–H groups in total. The lowest BCUT2D eigenvalue weighted by atomic mass is 9.94. The van der Waals surface area contributed by atoms with Crippen molar-refractivity contribution in [3.63, 3.8) is 0 Å². The summed E-state index contributed by atoms with van der Waals surface area (Å²) < 4.78 is 6.86. The number of piperidine rings is 1. The van der Waals surface area contributed by atoms with Gasteiger partial charge >= 0.3 is 0 Å². The summed E-state index contributed by atoms with van der Waals surface area (Å²) in [5.74, 6) is 0. The molecule has 1 saturated heterocycles. The number of hydrogen-bond donors (Lipinski definition) is 1. The summed E-state index contributed by atoms with van der Waals surface area (Å²) in [6.07, 6.45) is 2.31. The maximum absolute atomic E-state index is 5.73. The predicted octanol–water partition coefficient (Wildman–Crippen LogP) is 3.95. The molecule has 21 heavy (non-hydrogen) atoms. The van der Waals surface area contributed by atoms with Crippen LogP contribution < -0.4 is 10.2 Å². The average molecular weight is 355 g/mol. The first kappa shape index (κ1) is 16.8. The quantitative estimate of drug-likeness (QED) is 0.866. The summed E-state index contributed by atoms with van der Waals surface area (Å²) in [4.78, 5) is 2.47. The van der Waals surface area contributed by atoms with Crippen molar-refractivity contribution in [1.29, 1.82) is 0 Å². The standard InChI is InChI=1S/C17H27BrN2O/c1-13(2)19-11-14-6-7-15(18)10-16(14)20-9-5-8-17(3,12-20)21-4/h6-7,10,13,19H,5,8-9,11-12H2,1-4H3. The Morgan fingerprint density at radius 1 is 1.43 bits per heavy atom. The smallest absolute Gasteiger partial charge is 0.0825 e. The van der Waals surface area contributed by atoms with Crippen LogP contribution >= 0.6 is 15.9 Å². The summed E-state index contributed by atoms with van der Waals surface area (Å²) in [6.45, 7) is 9.53. The monoisotopic (exact) mass is 354 g/mol. The number of ether oxygens (including phenoxy) is 1. The number of anilines is 1. The molecule has 0 aromatic heterocycles. The Hall–Kier alpha value is -0.580. The van der Waals surface area contributed by atoms with Gasteiger partial charge in [0.2, 0.25) is 0 Å². The van der Waals surface area contributed by atoms with Crippen LogP contribution in [0, 0.1) is 0 Å². The zero-order valence-electron chi connectivity index (χ0n) is 13.6. The fourth-order valence-corrected chi connectivity index (χ4v) is 3.22. The van der Waals surface area contributed by atoms with Gasteiger partial charge in [-0.05, 0) is 37.5 Å². The van der Waals surface area contributed by atoms with Gasteiger partial charge in [0.05, 0.1) is 5.60 Å². The van der Waals surface area contributed by atoms with E-state index in [0.29, 0.717) is 6.04 Å². The maximum Gasteiger partial charge on any atom is 0.0825 e. The van der Waals surface area contributed by atoms with Crippen LogP contribution in [-0.2, 0) is 11.3 Å². The molecule has 0 saturated carbocycles. The second-order valence-corrected chi connectivity index (χ2v) is 7.40. The largest absolute Gasteiger partial charge is 0.377 e. The van der Waals surface area contributed by atoms with Gasteiger partial charge in [-0.2, -0.15) is 0 Å². The van der Waals surface area contributed by atoms with Gasteiger partial charge in [-0.1, -0.05) is 35.8 Å². The first-order valence-corrected chi connectivity index (χ1v) is 8.55. The van der Waals surface area contributed by atoms with Crippen molar-refractivity contribution in [1.82, 2.24) is 5.32 Å². The maximum atomic E-state index is 5.73. The van der Waals surface area contributed by atoms with E-state index >= 15 is 0 Å². The Kier molecular flexibility index (Phi) is 5.69. The van der Waals surface area contributed by atoms with E-state index in [9.17, 15) is 0 Å². The summed E-state index contributed by atoms with van der Waals surface area (Å²) in [6, 6.07) is 7.07. The van der Waals surface area contributed by atoms with E-state index in [2.05, 4.69) is 65.1 Å². The zero-order valence-corrected chi connectivity index (χ0v) is 15.2. The first-order valence-electron chi connectivity index (χ1n) is 7.75. The lowest BCUT2D eigenvalue weighted by Gasteiger charge is -2.41. The van der Waals surface area contributed by atoms with E-state index in [1.807, 2.05) is 7.11 Å². The van der Waals surface area contributed by atoms with Gasteiger partial charge < -0.3 is 15.0 Å². The molecule has 3 nitrogen and oxygen atoms in total. The van der Waals surface area contributed by atoms with Gasteiger partial charge in [-0.3, -0.25) is 0 Å². The van der Waals surface area contributed by atoms with Crippen LogP contribution in [0.2, 0.25) is 0 Å². The summed E-state index contributed by atoms with van der Waals surface area (Å²) in [5, 5.41) is 3.52. The van der Waals surface area contributed by atoms with E-state index in [1.54, 1.807) is 0 Å². The highest BCUT2D eigenvalue weighted by molar-refractivity contribution is 9.10. The summed E-state index contributed by atoms with van der Waals surface area (Å²) >= 11 is 3.61. The molecule has 118 valence electrons. The molecule has 0 radical (unpaired) electrons. The molecule has 0 spiro atoms.